The van der Waals surface area contributed by atoms with E-state index in [0.29, 0.717) is 11.0 Å². The maximum Gasteiger partial charge on any atom is 0.129 e. The lowest BCUT2D eigenvalue weighted by atomic mass is 10.1. The van der Waals surface area contributed by atoms with E-state index >= 15 is 0 Å². The standard InChI is InChI=1S/C9H18OS/c1-3-5-9(11)7-4-6-8(2)10/h9,11H,3-7H2,1-2H3. The Hall–Kier alpha value is 0.0200. The van der Waals surface area contributed by atoms with Crippen molar-refractivity contribution in [1.82, 2.24) is 0 Å². The van der Waals surface area contributed by atoms with E-state index in [0.717, 1.165) is 19.3 Å². The van der Waals surface area contributed by atoms with Crippen molar-refractivity contribution in [1.29, 1.82) is 0 Å². The molecule has 0 aliphatic carbocycles. The Kier molecular flexibility index (Phi) is 6.73. The number of thiol groups is 1. The molecule has 66 valence electrons. The zero-order valence-corrected chi connectivity index (χ0v) is 8.36. The number of rotatable bonds is 6. The fraction of sp³-hybridized carbons (Fsp3) is 0.889. The van der Waals surface area contributed by atoms with Gasteiger partial charge in [0, 0.05) is 11.7 Å². The Morgan fingerprint density at radius 2 is 2.09 bits per heavy atom. The molecule has 0 heterocycles. The molecule has 0 bridgehead atoms. The summed E-state index contributed by atoms with van der Waals surface area (Å²) in [5.41, 5.74) is 0. The van der Waals surface area contributed by atoms with E-state index in [2.05, 4.69) is 19.6 Å². The molecule has 0 radical (unpaired) electrons. The molecule has 0 aliphatic rings. The fourth-order valence-corrected chi connectivity index (χ4v) is 1.50. The first-order valence-electron chi connectivity index (χ1n) is 4.34. The molecule has 0 aromatic heterocycles. The van der Waals surface area contributed by atoms with E-state index in [1.54, 1.807) is 6.92 Å². The maximum atomic E-state index is 10.6. The molecule has 0 amide bonds. The number of carbonyl (C=O) groups excluding carboxylic acids is 1. The van der Waals surface area contributed by atoms with Crippen LogP contribution in [0.2, 0.25) is 0 Å². The van der Waals surface area contributed by atoms with Crippen molar-refractivity contribution in [3.05, 3.63) is 0 Å². The van der Waals surface area contributed by atoms with Gasteiger partial charge in [-0.1, -0.05) is 13.3 Å². The van der Waals surface area contributed by atoms with Crippen LogP contribution in [0.1, 0.15) is 46.0 Å². The first-order chi connectivity index (χ1) is 5.16. The van der Waals surface area contributed by atoms with E-state index in [9.17, 15) is 4.79 Å². The minimum absolute atomic E-state index is 0.294. The molecule has 0 saturated carbocycles. The monoisotopic (exact) mass is 174 g/mol. The lowest BCUT2D eigenvalue weighted by Crippen LogP contribution is -1.99. The summed E-state index contributed by atoms with van der Waals surface area (Å²) in [5, 5.41) is 0.499. The largest absolute Gasteiger partial charge is 0.300 e. The quantitative estimate of drug-likeness (QED) is 0.613. The summed E-state index contributed by atoms with van der Waals surface area (Å²) < 4.78 is 0. The first-order valence-corrected chi connectivity index (χ1v) is 4.86. The van der Waals surface area contributed by atoms with Gasteiger partial charge in [0.05, 0.1) is 0 Å². The highest BCUT2D eigenvalue weighted by molar-refractivity contribution is 7.80. The maximum absolute atomic E-state index is 10.6. The highest BCUT2D eigenvalue weighted by Gasteiger charge is 2.01. The summed E-state index contributed by atoms with van der Waals surface area (Å²) in [6.07, 6.45) is 5.16. The van der Waals surface area contributed by atoms with Crippen LogP contribution in [0.4, 0.5) is 0 Å². The molecule has 0 fully saturated rings. The van der Waals surface area contributed by atoms with Crippen LogP contribution in [0.3, 0.4) is 0 Å². The van der Waals surface area contributed by atoms with Crippen molar-refractivity contribution in [2.45, 2.75) is 51.2 Å². The van der Waals surface area contributed by atoms with Crippen molar-refractivity contribution in [3.63, 3.8) is 0 Å². The molecule has 1 atom stereocenters. The minimum Gasteiger partial charge on any atom is -0.300 e. The number of Topliss-reactive ketones (excluding diaryl/α,β-unsaturated/α-hetero) is 1. The summed E-state index contributed by atoms with van der Waals surface area (Å²) in [7, 11) is 0. The first kappa shape index (κ1) is 11.0. The topological polar surface area (TPSA) is 17.1 Å². The second kappa shape index (κ2) is 6.71. The van der Waals surface area contributed by atoms with Gasteiger partial charge in [-0.15, -0.1) is 0 Å². The zero-order valence-electron chi connectivity index (χ0n) is 7.47. The lowest BCUT2D eigenvalue weighted by molar-refractivity contribution is -0.117. The summed E-state index contributed by atoms with van der Waals surface area (Å²) in [4.78, 5) is 10.6. The lowest BCUT2D eigenvalue weighted by Gasteiger charge is -2.06. The average molecular weight is 174 g/mol. The van der Waals surface area contributed by atoms with Gasteiger partial charge >= 0.3 is 0 Å². The number of carbonyl (C=O) groups is 1. The third kappa shape index (κ3) is 7.92. The second-order valence-corrected chi connectivity index (χ2v) is 3.77. The van der Waals surface area contributed by atoms with E-state index in [1.807, 2.05) is 0 Å². The predicted molar refractivity (Wildman–Crippen MR) is 52.2 cm³/mol. The highest BCUT2D eigenvalue weighted by Crippen LogP contribution is 2.12. The molecule has 0 N–H and O–H groups in total. The van der Waals surface area contributed by atoms with Gasteiger partial charge in [-0.05, 0) is 26.2 Å². The van der Waals surface area contributed by atoms with Crippen LogP contribution in [-0.2, 0) is 4.79 Å². The predicted octanol–water partition coefficient (Wildman–Crippen LogP) is 2.84. The van der Waals surface area contributed by atoms with Gasteiger partial charge in [0.1, 0.15) is 5.78 Å². The Bertz CT molecular complexity index is 112. The molecule has 1 nitrogen and oxygen atoms in total. The molecular formula is C9H18OS. The molecule has 0 aromatic carbocycles. The van der Waals surface area contributed by atoms with Gasteiger partial charge < -0.3 is 4.79 Å². The smallest absolute Gasteiger partial charge is 0.129 e. The third-order valence-electron chi connectivity index (χ3n) is 1.69. The highest BCUT2D eigenvalue weighted by atomic mass is 32.1. The summed E-state index contributed by atoms with van der Waals surface area (Å²) in [6.45, 7) is 3.81. The Morgan fingerprint density at radius 1 is 1.45 bits per heavy atom. The van der Waals surface area contributed by atoms with Gasteiger partial charge in [-0.3, -0.25) is 0 Å². The van der Waals surface area contributed by atoms with Gasteiger partial charge in [0.15, 0.2) is 0 Å². The molecule has 1 unspecified atom stereocenters. The fourth-order valence-electron chi connectivity index (χ4n) is 1.06. The van der Waals surface area contributed by atoms with Gasteiger partial charge in [0.25, 0.3) is 0 Å². The van der Waals surface area contributed by atoms with Gasteiger partial charge in [-0.2, -0.15) is 12.6 Å². The Balaban J connectivity index is 3.16. The Labute approximate surface area is 75.0 Å². The summed E-state index contributed by atoms with van der Waals surface area (Å²) in [6, 6.07) is 0. The molecule has 0 rings (SSSR count). The van der Waals surface area contributed by atoms with E-state index < -0.39 is 0 Å². The van der Waals surface area contributed by atoms with Crippen molar-refractivity contribution in [3.8, 4) is 0 Å². The Morgan fingerprint density at radius 3 is 2.55 bits per heavy atom. The second-order valence-electron chi connectivity index (χ2n) is 3.04. The van der Waals surface area contributed by atoms with Gasteiger partial charge in [0.2, 0.25) is 0 Å². The van der Waals surface area contributed by atoms with Crippen LogP contribution in [0.25, 0.3) is 0 Å². The number of hydrogen-bond acceptors (Lipinski definition) is 2. The van der Waals surface area contributed by atoms with Crippen LogP contribution < -0.4 is 0 Å². The third-order valence-corrected chi connectivity index (χ3v) is 2.20. The van der Waals surface area contributed by atoms with Crippen LogP contribution in [0, 0.1) is 0 Å². The van der Waals surface area contributed by atoms with E-state index in [-0.39, 0.29) is 0 Å². The number of hydrogen-bond donors (Lipinski definition) is 1. The van der Waals surface area contributed by atoms with Crippen molar-refractivity contribution < 1.29 is 4.79 Å². The average Bonchev–Trinajstić information content (AvgIpc) is 1.87. The SMILES string of the molecule is CCCC(S)CCCC(C)=O. The van der Waals surface area contributed by atoms with Crippen LogP contribution in [0.5, 0.6) is 0 Å². The molecule has 2 heteroatoms. The van der Waals surface area contributed by atoms with Crippen LogP contribution >= 0.6 is 12.6 Å². The van der Waals surface area contributed by atoms with Gasteiger partial charge in [-0.25, -0.2) is 0 Å². The van der Waals surface area contributed by atoms with Crippen molar-refractivity contribution in [2.75, 3.05) is 0 Å². The van der Waals surface area contributed by atoms with E-state index in [1.165, 1.54) is 12.8 Å². The van der Waals surface area contributed by atoms with E-state index in [4.69, 9.17) is 0 Å². The molecule has 0 spiro atoms. The molecule has 0 aromatic rings. The molecule has 11 heavy (non-hydrogen) atoms. The minimum atomic E-state index is 0.294. The summed E-state index contributed by atoms with van der Waals surface area (Å²) >= 11 is 4.40. The molecule has 0 saturated heterocycles. The van der Waals surface area contributed by atoms with Crippen molar-refractivity contribution in [2.24, 2.45) is 0 Å². The van der Waals surface area contributed by atoms with Crippen molar-refractivity contribution >= 4 is 18.4 Å². The zero-order chi connectivity index (χ0) is 8.69. The normalized spacial score (nSPS) is 13.0. The van der Waals surface area contributed by atoms with Crippen LogP contribution in [-0.4, -0.2) is 11.0 Å². The van der Waals surface area contributed by atoms with Crippen LogP contribution in [0.15, 0.2) is 0 Å². The summed E-state index contributed by atoms with van der Waals surface area (Å²) in [5.74, 6) is 0.294. The molecule has 0 aliphatic heterocycles. The number of ketones is 1. The molecular weight excluding hydrogens is 156 g/mol.